The summed E-state index contributed by atoms with van der Waals surface area (Å²) in [5.74, 6) is -0.138. The van der Waals surface area contributed by atoms with Gasteiger partial charge >= 0.3 is 5.97 Å². The normalized spacial score (nSPS) is 16.6. The predicted molar refractivity (Wildman–Crippen MR) is 61.9 cm³/mol. The number of aliphatic carboxylic acids is 1. The molecule has 1 aliphatic heterocycles. The average molecular weight is 236 g/mol. The van der Waals surface area contributed by atoms with E-state index in [1.54, 1.807) is 7.11 Å². The molecular formula is C12H16N2O3. The third-order valence-electron chi connectivity index (χ3n) is 2.91. The number of hydrogen-bond acceptors (Lipinski definition) is 4. The van der Waals surface area contributed by atoms with Gasteiger partial charge in [0.05, 0.1) is 18.7 Å². The number of carbonyl (C=O) groups is 1. The highest BCUT2D eigenvalue weighted by Gasteiger charge is 2.32. The number of carboxylic acid groups (broad SMARTS) is 1. The highest BCUT2D eigenvalue weighted by molar-refractivity contribution is 5.71. The van der Waals surface area contributed by atoms with Crippen LogP contribution < -0.4 is 4.74 Å². The van der Waals surface area contributed by atoms with Gasteiger partial charge in [0, 0.05) is 37.5 Å². The Balaban J connectivity index is 1.96. The van der Waals surface area contributed by atoms with E-state index in [4.69, 9.17) is 9.84 Å². The van der Waals surface area contributed by atoms with Gasteiger partial charge in [-0.15, -0.1) is 0 Å². The van der Waals surface area contributed by atoms with Crippen molar-refractivity contribution in [1.29, 1.82) is 0 Å². The van der Waals surface area contributed by atoms with Gasteiger partial charge < -0.3 is 9.84 Å². The van der Waals surface area contributed by atoms with Gasteiger partial charge in [-0.25, -0.2) is 0 Å². The van der Waals surface area contributed by atoms with Crippen molar-refractivity contribution in [3.05, 3.63) is 23.5 Å². The second-order valence-corrected chi connectivity index (χ2v) is 4.37. The van der Waals surface area contributed by atoms with Crippen LogP contribution in [-0.2, 0) is 11.3 Å². The van der Waals surface area contributed by atoms with Crippen LogP contribution in [-0.4, -0.2) is 41.2 Å². The Bertz CT molecular complexity index is 428. The van der Waals surface area contributed by atoms with Gasteiger partial charge in [-0.2, -0.15) is 0 Å². The minimum atomic E-state index is -0.712. The van der Waals surface area contributed by atoms with E-state index in [1.807, 2.05) is 19.1 Å². The van der Waals surface area contributed by atoms with Crippen molar-refractivity contribution in [2.75, 3.05) is 20.2 Å². The van der Waals surface area contributed by atoms with Crippen molar-refractivity contribution in [2.45, 2.75) is 13.5 Å². The minimum Gasteiger partial charge on any atom is -0.497 e. The summed E-state index contributed by atoms with van der Waals surface area (Å²) < 4.78 is 5.18. The maximum absolute atomic E-state index is 10.7. The molecule has 0 atom stereocenters. The molecule has 0 saturated carbocycles. The first-order chi connectivity index (χ1) is 8.08. The fourth-order valence-corrected chi connectivity index (χ4v) is 1.99. The van der Waals surface area contributed by atoms with Crippen molar-refractivity contribution >= 4 is 5.97 Å². The quantitative estimate of drug-likeness (QED) is 0.842. The maximum Gasteiger partial charge on any atom is 0.309 e. The third-order valence-corrected chi connectivity index (χ3v) is 2.91. The number of methoxy groups -OCH3 is 1. The third kappa shape index (κ3) is 2.74. The van der Waals surface area contributed by atoms with Crippen LogP contribution in [0.25, 0.3) is 0 Å². The van der Waals surface area contributed by atoms with Gasteiger partial charge in [-0.05, 0) is 6.92 Å². The molecule has 0 bridgehead atoms. The lowest BCUT2D eigenvalue weighted by Crippen LogP contribution is -2.49. The number of carboxylic acids is 1. The molecule has 0 amide bonds. The molecule has 1 N–H and O–H groups in total. The molecule has 1 fully saturated rings. The molecule has 2 rings (SSSR count). The molecule has 0 radical (unpaired) electrons. The van der Waals surface area contributed by atoms with Gasteiger partial charge in [-0.1, -0.05) is 0 Å². The number of likely N-dealkylation sites (tertiary alicyclic amines) is 1. The average Bonchev–Trinajstić information content (AvgIpc) is 2.21. The molecule has 1 saturated heterocycles. The highest BCUT2D eigenvalue weighted by atomic mass is 16.5. The fourth-order valence-electron chi connectivity index (χ4n) is 1.99. The summed E-state index contributed by atoms with van der Waals surface area (Å²) in [5, 5.41) is 8.78. The lowest BCUT2D eigenvalue weighted by Gasteiger charge is -2.36. The SMILES string of the molecule is COc1cc(C)nc(CN2CC(C(=O)O)C2)c1. The number of nitrogens with zero attached hydrogens (tertiary/aromatic N) is 2. The molecule has 0 aromatic carbocycles. The van der Waals surface area contributed by atoms with E-state index in [9.17, 15) is 4.79 Å². The molecule has 92 valence electrons. The topological polar surface area (TPSA) is 62.7 Å². The molecule has 5 nitrogen and oxygen atoms in total. The zero-order valence-corrected chi connectivity index (χ0v) is 10.0. The van der Waals surface area contributed by atoms with Gasteiger partial charge in [0.2, 0.25) is 0 Å². The zero-order valence-electron chi connectivity index (χ0n) is 10.0. The zero-order chi connectivity index (χ0) is 12.4. The summed E-state index contributed by atoms with van der Waals surface area (Å²) >= 11 is 0. The number of rotatable bonds is 4. The summed E-state index contributed by atoms with van der Waals surface area (Å²) in [6, 6.07) is 3.76. The highest BCUT2D eigenvalue weighted by Crippen LogP contribution is 2.20. The van der Waals surface area contributed by atoms with E-state index in [0.717, 1.165) is 17.1 Å². The predicted octanol–water partition coefficient (Wildman–Crippen LogP) is 0.915. The first kappa shape index (κ1) is 11.9. The number of ether oxygens (including phenoxy) is 1. The largest absolute Gasteiger partial charge is 0.497 e. The summed E-state index contributed by atoms with van der Waals surface area (Å²) in [6.07, 6.45) is 0. The van der Waals surface area contributed by atoms with Crippen molar-refractivity contribution in [2.24, 2.45) is 5.92 Å². The van der Waals surface area contributed by atoms with Crippen LogP contribution in [0.5, 0.6) is 5.75 Å². The molecule has 2 heterocycles. The second-order valence-electron chi connectivity index (χ2n) is 4.37. The molecule has 0 unspecified atom stereocenters. The summed E-state index contributed by atoms with van der Waals surface area (Å²) in [7, 11) is 1.63. The molecule has 0 spiro atoms. The van der Waals surface area contributed by atoms with Crippen molar-refractivity contribution in [1.82, 2.24) is 9.88 Å². The van der Waals surface area contributed by atoms with Gasteiger partial charge in [0.25, 0.3) is 0 Å². The number of aryl methyl sites for hydroxylation is 1. The van der Waals surface area contributed by atoms with E-state index < -0.39 is 5.97 Å². The lowest BCUT2D eigenvalue weighted by atomic mass is 10.0. The molecule has 1 aromatic heterocycles. The summed E-state index contributed by atoms with van der Waals surface area (Å²) in [4.78, 5) is 17.1. The minimum absolute atomic E-state index is 0.221. The molecule has 1 aromatic rings. The van der Waals surface area contributed by atoms with Crippen LogP contribution in [0.15, 0.2) is 12.1 Å². The van der Waals surface area contributed by atoms with E-state index in [2.05, 4.69) is 9.88 Å². The molecule has 5 heteroatoms. The Morgan fingerprint density at radius 2 is 2.29 bits per heavy atom. The Hall–Kier alpha value is -1.62. The maximum atomic E-state index is 10.7. The van der Waals surface area contributed by atoms with Crippen LogP contribution in [0.3, 0.4) is 0 Å². The molecule has 1 aliphatic rings. The Kier molecular flexibility index (Phi) is 3.28. The van der Waals surface area contributed by atoms with E-state index in [1.165, 1.54) is 0 Å². The first-order valence-electron chi connectivity index (χ1n) is 5.55. The fraction of sp³-hybridized carbons (Fsp3) is 0.500. The van der Waals surface area contributed by atoms with E-state index in [0.29, 0.717) is 19.6 Å². The van der Waals surface area contributed by atoms with Crippen LogP contribution in [0.4, 0.5) is 0 Å². The Labute approximate surface area is 100 Å². The van der Waals surface area contributed by atoms with Crippen LogP contribution in [0, 0.1) is 12.8 Å². The molecule has 0 aliphatic carbocycles. The van der Waals surface area contributed by atoms with Gasteiger partial charge in [0.15, 0.2) is 0 Å². The Morgan fingerprint density at radius 3 is 2.88 bits per heavy atom. The van der Waals surface area contributed by atoms with E-state index >= 15 is 0 Å². The number of aromatic nitrogens is 1. The Morgan fingerprint density at radius 1 is 1.59 bits per heavy atom. The smallest absolute Gasteiger partial charge is 0.309 e. The standard InChI is InChI=1S/C12H16N2O3/c1-8-3-11(17-2)4-10(13-8)7-14-5-9(6-14)12(15)16/h3-4,9H,5-7H2,1-2H3,(H,15,16). The van der Waals surface area contributed by atoms with Crippen LogP contribution in [0.2, 0.25) is 0 Å². The van der Waals surface area contributed by atoms with Crippen molar-refractivity contribution in [3.63, 3.8) is 0 Å². The summed E-state index contributed by atoms with van der Waals surface area (Å²) in [6.45, 7) is 3.81. The lowest BCUT2D eigenvalue weighted by molar-refractivity contribution is -0.147. The number of pyridine rings is 1. The number of hydrogen-bond donors (Lipinski definition) is 1. The monoisotopic (exact) mass is 236 g/mol. The van der Waals surface area contributed by atoms with Crippen LogP contribution >= 0.6 is 0 Å². The van der Waals surface area contributed by atoms with Gasteiger partial charge in [-0.3, -0.25) is 14.7 Å². The first-order valence-corrected chi connectivity index (χ1v) is 5.55. The summed E-state index contributed by atoms with van der Waals surface area (Å²) in [5.41, 5.74) is 1.83. The molecular weight excluding hydrogens is 220 g/mol. The second kappa shape index (κ2) is 4.71. The van der Waals surface area contributed by atoms with Crippen LogP contribution in [0.1, 0.15) is 11.4 Å². The van der Waals surface area contributed by atoms with Gasteiger partial charge in [0.1, 0.15) is 5.75 Å². The van der Waals surface area contributed by atoms with Crippen molar-refractivity contribution < 1.29 is 14.6 Å². The molecule has 17 heavy (non-hydrogen) atoms. The van der Waals surface area contributed by atoms with E-state index in [-0.39, 0.29) is 5.92 Å². The van der Waals surface area contributed by atoms with Crippen molar-refractivity contribution in [3.8, 4) is 5.75 Å².